The van der Waals surface area contributed by atoms with Gasteiger partial charge < -0.3 is 9.73 Å². The average molecular weight is 277 g/mol. The van der Waals surface area contributed by atoms with Crippen LogP contribution in [0.3, 0.4) is 0 Å². The van der Waals surface area contributed by atoms with Crippen LogP contribution >= 0.6 is 11.8 Å². The third kappa shape index (κ3) is 3.81. The highest BCUT2D eigenvalue weighted by atomic mass is 32.2. The molecule has 0 saturated heterocycles. The zero-order chi connectivity index (χ0) is 13.7. The van der Waals surface area contributed by atoms with Gasteiger partial charge in [-0.3, -0.25) is 0 Å². The van der Waals surface area contributed by atoms with Gasteiger partial charge in [-0.2, -0.15) is 0 Å². The van der Waals surface area contributed by atoms with E-state index >= 15 is 0 Å². The molecular formula is C14H19N3OS. The Morgan fingerprint density at radius 3 is 2.53 bits per heavy atom. The van der Waals surface area contributed by atoms with Crippen molar-refractivity contribution in [2.24, 2.45) is 0 Å². The van der Waals surface area contributed by atoms with E-state index in [9.17, 15) is 0 Å². The highest BCUT2D eigenvalue weighted by molar-refractivity contribution is 7.99. The Labute approximate surface area is 118 Å². The van der Waals surface area contributed by atoms with E-state index in [0.717, 1.165) is 12.2 Å². The molecule has 1 heterocycles. The van der Waals surface area contributed by atoms with E-state index in [1.165, 1.54) is 11.1 Å². The molecule has 1 aromatic carbocycles. The molecule has 0 aliphatic rings. The molecule has 0 radical (unpaired) electrons. The molecule has 0 saturated carbocycles. The van der Waals surface area contributed by atoms with Crippen molar-refractivity contribution in [3.8, 4) is 0 Å². The molecule has 1 unspecified atom stereocenters. The van der Waals surface area contributed by atoms with Gasteiger partial charge in [0.15, 0.2) is 0 Å². The maximum atomic E-state index is 5.36. The van der Waals surface area contributed by atoms with E-state index in [1.54, 1.807) is 18.7 Å². The summed E-state index contributed by atoms with van der Waals surface area (Å²) in [6.45, 7) is 3.97. The van der Waals surface area contributed by atoms with Crippen LogP contribution in [0.2, 0.25) is 0 Å². The number of hydrogen-bond acceptors (Lipinski definition) is 5. The van der Waals surface area contributed by atoms with Crippen molar-refractivity contribution in [2.45, 2.75) is 31.5 Å². The van der Waals surface area contributed by atoms with Crippen molar-refractivity contribution in [2.75, 3.05) is 12.8 Å². The summed E-state index contributed by atoms with van der Waals surface area (Å²) < 4.78 is 5.36. The number of aryl methyl sites for hydroxylation is 2. The molecule has 4 nitrogen and oxygen atoms in total. The molecule has 0 fully saturated rings. The Hall–Kier alpha value is -1.33. The van der Waals surface area contributed by atoms with Crippen LogP contribution in [0.1, 0.15) is 30.0 Å². The van der Waals surface area contributed by atoms with Crippen LogP contribution in [-0.2, 0) is 6.42 Å². The van der Waals surface area contributed by atoms with Crippen LogP contribution in [0, 0.1) is 6.92 Å². The Kier molecular flexibility index (Phi) is 4.99. The van der Waals surface area contributed by atoms with Gasteiger partial charge in [-0.25, -0.2) is 0 Å². The number of hydrogen-bond donors (Lipinski definition) is 1. The minimum atomic E-state index is 0.281. The Balaban J connectivity index is 1.98. The van der Waals surface area contributed by atoms with Gasteiger partial charge in [-0.05, 0) is 24.6 Å². The average Bonchev–Trinajstić information content (AvgIpc) is 2.86. The largest absolute Gasteiger partial charge is 0.416 e. The zero-order valence-electron chi connectivity index (χ0n) is 11.5. The normalized spacial score (nSPS) is 12.6. The molecule has 102 valence electrons. The smallest absolute Gasteiger partial charge is 0.276 e. The fourth-order valence-electron chi connectivity index (χ4n) is 1.82. The third-order valence-corrected chi connectivity index (χ3v) is 3.93. The van der Waals surface area contributed by atoms with Gasteiger partial charge in [0.1, 0.15) is 0 Å². The number of nitrogens with zero attached hydrogens (tertiary/aromatic N) is 2. The maximum Gasteiger partial charge on any atom is 0.276 e. The molecule has 5 heteroatoms. The van der Waals surface area contributed by atoms with Gasteiger partial charge in [0.05, 0.1) is 0 Å². The topological polar surface area (TPSA) is 51.0 Å². The van der Waals surface area contributed by atoms with Crippen LogP contribution in [0.15, 0.2) is 33.9 Å². The van der Waals surface area contributed by atoms with Crippen molar-refractivity contribution in [1.29, 1.82) is 0 Å². The summed E-state index contributed by atoms with van der Waals surface area (Å²) >= 11 is 1.58. The highest BCUT2D eigenvalue weighted by Gasteiger charge is 2.12. The minimum Gasteiger partial charge on any atom is -0.416 e. The molecule has 0 aliphatic heterocycles. The molecule has 0 aliphatic carbocycles. The SMILES string of the molecule is CCc1ccc(C(CSc2nnc(C)o2)NC)cc1. The van der Waals surface area contributed by atoms with E-state index < -0.39 is 0 Å². The molecule has 2 rings (SSSR count). The van der Waals surface area contributed by atoms with Gasteiger partial charge in [-0.1, -0.05) is 43.0 Å². The minimum absolute atomic E-state index is 0.281. The van der Waals surface area contributed by atoms with E-state index in [1.807, 2.05) is 7.05 Å². The predicted octanol–water partition coefficient (Wildman–Crippen LogP) is 2.99. The second-order valence-corrected chi connectivity index (χ2v) is 5.31. The predicted molar refractivity (Wildman–Crippen MR) is 77.4 cm³/mol. The summed E-state index contributed by atoms with van der Waals surface area (Å²) in [4.78, 5) is 0. The summed E-state index contributed by atoms with van der Waals surface area (Å²) in [5.74, 6) is 1.47. The lowest BCUT2D eigenvalue weighted by Crippen LogP contribution is -2.18. The molecule has 0 spiro atoms. The van der Waals surface area contributed by atoms with Crippen LogP contribution in [0.4, 0.5) is 0 Å². The van der Waals surface area contributed by atoms with Gasteiger partial charge in [-0.15, -0.1) is 10.2 Å². The lowest BCUT2D eigenvalue weighted by atomic mass is 10.1. The van der Waals surface area contributed by atoms with E-state index in [2.05, 4.69) is 46.7 Å². The fraction of sp³-hybridized carbons (Fsp3) is 0.429. The van der Waals surface area contributed by atoms with Gasteiger partial charge in [0.25, 0.3) is 5.22 Å². The Morgan fingerprint density at radius 2 is 2.00 bits per heavy atom. The summed E-state index contributed by atoms with van der Waals surface area (Å²) in [5, 5.41) is 11.8. The first-order chi connectivity index (χ1) is 9.22. The van der Waals surface area contributed by atoms with Crippen molar-refractivity contribution in [3.63, 3.8) is 0 Å². The third-order valence-electron chi connectivity index (χ3n) is 3.02. The Morgan fingerprint density at radius 1 is 1.26 bits per heavy atom. The lowest BCUT2D eigenvalue weighted by Gasteiger charge is -2.15. The van der Waals surface area contributed by atoms with Crippen molar-refractivity contribution >= 4 is 11.8 Å². The number of aromatic nitrogens is 2. The van der Waals surface area contributed by atoms with E-state index in [0.29, 0.717) is 11.1 Å². The number of thioether (sulfide) groups is 1. The Bertz CT molecular complexity index is 510. The summed E-state index contributed by atoms with van der Waals surface area (Å²) in [6, 6.07) is 9.00. The highest BCUT2D eigenvalue weighted by Crippen LogP contribution is 2.23. The second kappa shape index (κ2) is 6.73. The van der Waals surface area contributed by atoms with Crippen LogP contribution in [0.25, 0.3) is 0 Å². The first-order valence-corrected chi connectivity index (χ1v) is 7.40. The van der Waals surface area contributed by atoms with E-state index in [4.69, 9.17) is 4.42 Å². The molecular weight excluding hydrogens is 258 g/mol. The van der Waals surface area contributed by atoms with Crippen LogP contribution < -0.4 is 5.32 Å². The molecule has 1 atom stereocenters. The lowest BCUT2D eigenvalue weighted by molar-refractivity contribution is 0.428. The van der Waals surface area contributed by atoms with E-state index in [-0.39, 0.29) is 6.04 Å². The molecule has 2 aromatic rings. The molecule has 19 heavy (non-hydrogen) atoms. The number of benzene rings is 1. The monoisotopic (exact) mass is 277 g/mol. The number of rotatable bonds is 6. The quantitative estimate of drug-likeness (QED) is 0.823. The van der Waals surface area contributed by atoms with Crippen LogP contribution in [0.5, 0.6) is 0 Å². The molecule has 1 aromatic heterocycles. The van der Waals surface area contributed by atoms with Gasteiger partial charge >= 0.3 is 0 Å². The number of nitrogens with one attached hydrogen (secondary N) is 1. The zero-order valence-corrected chi connectivity index (χ0v) is 12.3. The second-order valence-electron chi connectivity index (χ2n) is 4.33. The van der Waals surface area contributed by atoms with Crippen molar-refractivity contribution in [1.82, 2.24) is 15.5 Å². The van der Waals surface area contributed by atoms with Crippen molar-refractivity contribution in [3.05, 3.63) is 41.3 Å². The first kappa shape index (κ1) is 14.1. The molecule has 0 bridgehead atoms. The van der Waals surface area contributed by atoms with Gasteiger partial charge in [0.2, 0.25) is 5.89 Å². The fourth-order valence-corrected chi connectivity index (χ4v) is 2.77. The first-order valence-electron chi connectivity index (χ1n) is 6.42. The summed E-state index contributed by atoms with van der Waals surface area (Å²) in [6.07, 6.45) is 1.07. The van der Waals surface area contributed by atoms with Gasteiger partial charge in [0, 0.05) is 18.7 Å². The van der Waals surface area contributed by atoms with Crippen molar-refractivity contribution < 1.29 is 4.42 Å². The molecule has 1 N–H and O–H groups in total. The summed E-state index contributed by atoms with van der Waals surface area (Å²) in [5.41, 5.74) is 2.64. The summed E-state index contributed by atoms with van der Waals surface area (Å²) in [7, 11) is 1.97. The van der Waals surface area contributed by atoms with Crippen LogP contribution in [-0.4, -0.2) is 23.0 Å². The maximum absolute atomic E-state index is 5.36. The molecule has 0 amide bonds. The standard InChI is InChI=1S/C14H19N3OS/c1-4-11-5-7-12(8-6-11)13(15-3)9-19-14-17-16-10(2)18-14/h5-8,13,15H,4,9H2,1-3H3.